The van der Waals surface area contributed by atoms with Crippen molar-refractivity contribution in [3.63, 3.8) is 0 Å². The lowest BCUT2D eigenvalue weighted by molar-refractivity contribution is -0.147. The average molecular weight is 711 g/mol. The van der Waals surface area contributed by atoms with Crippen molar-refractivity contribution in [1.29, 1.82) is 0 Å². The molecule has 2 aliphatic rings. The van der Waals surface area contributed by atoms with Gasteiger partial charge >= 0.3 is 0 Å². The van der Waals surface area contributed by atoms with Crippen LogP contribution in [0.25, 0.3) is 0 Å². The van der Waals surface area contributed by atoms with Crippen molar-refractivity contribution in [2.45, 2.75) is 70.4 Å². The van der Waals surface area contributed by atoms with Crippen molar-refractivity contribution in [1.82, 2.24) is 19.7 Å². The van der Waals surface area contributed by atoms with Gasteiger partial charge in [-0.25, -0.2) is 9.37 Å². The number of benzene rings is 2. The smallest absolute Gasteiger partial charge is 0.273 e. The molecule has 3 heterocycles. The summed E-state index contributed by atoms with van der Waals surface area (Å²) in [5.41, 5.74) is 2.41. The van der Waals surface area contributed by atoms with Crippen molar-refractivity contribution in [2.24, 2.45) is 0 Å². The molecule has 0 radical (unpaired) electrons. The maximum atomic E-state index is 15.6. The van der Waals surface area contributed by atoms with Crippen molar-refractivity contribution >= 4 is 23.2 Å². The summed E-state index contributed by atoms with van der Waals surface area (Å²) in [5, 5.41) is 2.84. The van der Waals surface area contributed by atoms with E-state index in [1.54, 1.807) is 25.2 Å². The topological polar surface area (TPSA) is 93.7 Å². The maximum Gasteiger partial charge on any atom is 0.273 e. The van der Waals surface area contributed by atoms with Gasteiger partial charge in [0, 0.05) is 63.8 Å². The van der Waals surface area contributed by atoms with Crippen molar-refractivity contribution in [3.8, 4) is 0 Å². The van der Waals surface area contributed by atoms with E-state index in [4.69, 9.17) is 18.9 Å². The summed E-state index contributed by atoms with van der Waals surface area (Å²) >= 11 is 1.54. The van der Waals surface area contributed by atoms with Crippen molar-refractivity contribution in [2.75, 3.05) is 66.8 Å². The Morgan fingerprint density at radius 2 is 1.76 bits per heavy atom. The molecule has 1 aromatic heterocycles. The van der Waals surface area contributed by atoms with Crippen molar-refractivity contribution < 1.29 is 32.9 Å². The molecule has 272 valence electrons. The Balaban J connectivity index is 1.07. The number of carbonyl (C=O) groups excluding carboxylic acids is 2. The number of carbonyl (C=O) groups is 2. The van der Waals surface area contributed by atoms with Gasteiger partial charge in [0.15, 0.2) is 6.29 Å². The van der Waals surface area contributed by atoms with Crippen LogP contribution in [0.1, 0.15) is 71.2 Å². The van der Waals surface area contributed by atoms with E-state index in [9.17, 15) is 9.59 Å². The quantitative estimate of drug-likeness (QED) is 0.142. The van der Waals surface area contributed by atoms with Crippen LogP contribution in [0.15, 0.2) is 53.9 Å². The third-order valence-corrected chi connectivity index (χ3v) is 10.7. The minimum absolute atomic E-state index is 0.0277. The molecule has 5 rings (SSSR count). The van der Waals surface area contributed by atoms with Gasteiger partial charge in [-0.05, 0) is 30.4 Å². The van der Waals surface area contributed by atoms with Crippen LogP contribution < -0.4 is 0 Å². The van der Waals surface area contributed by atoms with Gasteiger partial charge in [-0.1, -0.05) is 62.4 Å². The van der Waals surface area contributed by atoms with Gasteiger partial charge in [-0.15, -0.1) is 11.3 Å². The minimum atomic E-state index is -0.529. The molecule has 2 fully saturated rings. The molecule has 0 unspecified atom stereocenters. The number of halogens is 1. The summed E-state index contributed by atoms with van der Waals surface area (Å²) in [6, 6.07) is 15.3. The first-order valence-electron chi connectivity index (χ1n) is 17.5. The number of hydrogen-bond donors (Lipinski definition) is 0. The highest BCUT2D eigenvalue weighted by molar-refractivity contribution is 7.09. The number of morpholine rings is 1. The largest absolute Gasteiger partial charge is 0.381 e. The molecule has 1 spiro atoms. The third kappa shape index (κ3) is 10.2. The molecule has 0 saturated carbocycles. The molecule has 10 nitrogen and oxygen atoms in total. The van der Waals surface area contributed by atoms with Gasteiger partial charge in [0.2, 0.25) is 5.91 Å². The summed E-state index contributed by atoms with van der Waals surface area (Å²) in [7, 11) is 3.10. The Hall–Kier alpha value is -3.26. The number of piperidine rings is 1. The lowest BCUT2D eigenvalue weighted by Gasteiger charge is -2.47. The Morgan fingerprint density at radius 1 is 1.02 bits per heavy atom. The van der Waals surface area contributed by atoms with E-state index in [0.717, 1.165) is 36.5 Å². The minimum Gasteiger partial charge on any atom is -0.381 e. The predicted octanol–water partition coefficient (Wildman–Crippen LogP) is 5.51. The summed E-state index contributed by atoms with van der Waals surface area (Å²) in [5.74, 6) is -0.00863. The number of amides is 2. The van der Waals surface area contributed by atoms with Gasteiger partial charge in [-0.3, -0.25) is 14.5 Å². The van der Waals surface area contributed by atoms with Gasteiger partial charge in [0.05, 0.1) is 49.9 Å². The number of hydrogen-bond acceptors (Lipinski definition) is 9. The number of nitrogens with zero attached hydrogens (tertiary/aromatic N) is 4. The standard InChI is InChI=1S/C38H51FN4O6S/c1-28(2)36-40-32(26-50-36)37(45)42-19-22-49-38(27-42)15-17-41(18-16-38)24-31-12-8-11-30(35(31)39)13-20-48-21-14-33(44)43(25-34(46-3)47-4)23-29-9-6-5-7-10-29/h5-12,26,28,34H,13-25,27H2,1-4H3. The van der Waals surface area contributed by atoms with Crippen LogP contribution in [-0.2, 0) is 43.3 Å². The van der Waals surface area contributed by atoms with E-state index in [1.807, 2.05) is 52.7 Å². The van der Waals surface area contributed by atoms with Crippen molar-refractivity contribution in [3.05, 3.63) is 87.1 Å². The number of aromatic nitrogens is 1. The second-order valence-electron chi connectivity index (χ2n) is 13.4. The third-order valence-electron chi connectivity index (χ3n) is 9.53. The maximum absolute atomic E-state index is 15.6. The van der Waals surface area contributed by atoms with E-state index in [1.165, 1.54) is 11.3 Å². The highest BCUT2D eigenvalue weighted by atomic mass is 32.1. The van der Waals surface area contributed by atoms with Crippen LogP contribution >= 0.6 is 11.3 Å². The predicted molar refractivity (Wildman–Crippen MR) is 191 cm³/mol. The number of thiazole rings is 1. The van der Waals surface area contributed by atoms with E-state index in [0.29, 0.717) is 75.1 Å². The van der Waals surface area contributed by atoms with Crippen LogP contribution in [0.2, 0.25) is 0 Å². The molecule has 0 atom stereocenters. The number of ether oxygens (including phenoxy) is 4. The first-order valence-corrected chi connectivity index (χ1v) is 18.4. The van der Waals surface area contributed by atoms with E-state index in [-0.39, 0.29) is 36.3 Å². The number of likely N-dealkylation sites (tertiary alicyclic amines) is 1. The van der Waals surface area contributed by atoms with Gasteiger partial charge in [0.25, 0.3) is 5.91 Å². The van der Waals surface area contributed by atoms with E-state index in [2.05, 4.69) is 23.7 Å². The fourth-order valence-electron chi connectivity index (χ4n) is 6.53. The second kappa shape index (κ2) is 18.3. The molecule has 50 heavy (non-hydrogen) atoms. The van der Waals surface area contributed by atoms with E-state index < -0.39 is 6.29 Å². The number of rotatable bonds is 16. The monoisotopic (exact) mass is 710 g/mol. The highest BCUT2D eigenvalue weighted by Crippen LogP contribution is 2.32. The van der Waals surface area contributed by atoms with E-state index >= 15 is 4.39 Å². The molecule has 0 N–H and O–H groups in total. The first kappa shape index (κ1) is 38.0. The zero-order valence-electron chi connectivity index (χ0n) is 29.8. The summed E-state index contributed by atoms with van der Waals surface area (Å²) in [4.78, 5) is 36.8. The molecule has 0 bridgehead atoms. The van der Waals surface area contributed by atoms with Gasteiger partial charge in [0.1, 0.15) is 11.5 Å². The summed E-state index contributed by atoms with van der Waals surface area (Å²) < 4.78 is 38.4. The second-order valence-corrected chi connectivity index (χ2v) is 14.3. The summed E-state index contributed by atoms with van der Waals surface area (Å²) in [6.45, 7) is 9.09. The molecule has 2 amide bonds. The lowest BCUT2D eigenvalue weighted by Crippen LogP contribution is -2.58. The zero-order valence-corrected chi connectivity index (χ0v) is 30.6. The molecule has 2 aliphatic heterocycles. The Labute approximate surface area is 299 Å². The van der Waals surface area contributed by atoms with Crippen LogP contribution in [0.3, 0.4) is 0 Å². The van der Waals surface area contributed by atoms with Crippen LogP contribution in [0.4, 0.5) is 4.39 Å². The van der Waals surface area contributed by atoms with Gasteiger partial charge < -0.3 is 28.7 Å². The Kier molecular flexibility index (Phi) is 13.9. The van der Waals surface area contributed by atoms with Crippen LogP contribution in [-0.4, -0.2) is 110 Å². The molecule has 2 aromatic carbocycles. The Morgan fingerprint density at radius 3 is 2.46 bits per heavy atom. The molecule has 0 aliphatic carbocycles. The van der Waals surface area contributed by atoms with Crippen LogP contribution in [0, 0.1) is 5.82 Å². The zero-order chi connectivity index (χ0) is 35.5. The Bertz CT molecular complexity index is 1530. The molecular formula is C38H51FN4O6S. The first-order chi connectivity index (χ1) is 24.2. The molecular weight excluding hydrogens is 660 g/mol. The highest BCUT2D eigenvalue weighted by Gasteiger charge is 2.41. The number of methoxy groups -OCH3 is 2. The average Bonchev–Trinajstić information content (AvgIpc) is 3.63. The lowest BCUT2D eigenvalue weighted by atomic mass is 9.89. The normalized spacial score (nSPS) is 16.4. The molecule has 12 heteroatoms. The van der Waals surface area contributed by atoms with Gasteiger partial charge in [-0.2, -0.15) is 0 Å². The molecule has 3 aromatic rings. The molecule has 2 saturated heterocycles. The SMILES string of the molecule is COC(CN(Cc1ccccc1)C(=O)CCOCCc1cccc(CN2CCC3(CC2)CN(C(=O)c2csc(C(C)C)n2)CCO3)c1F)OC. The summed E-state index contributed by atoms with van der Waals surface area (Å²) in [6.07, 6.45) is 1.64. The fraction of sp³-hybridized carbons (Fsp3) is 0.553. The fourth-order valence-corrected chi connectivity index (χ4v) is 7.34. The van der Waals surface area contributed by atoms with Crippen LogP contribution in [0.5, 0.6) is 0 Å².